The summed E-state index contributed by atoms with van der Waals surface area (Å²) in [6.07, 6.45) is 7.48. The van der Waals surface area contributed by atoms with Gasteiger partial charge < -0.3 is 15.5 Å². The van der Waals surface area contributed by atoms with Crippen molar-refractivity contribution in [1.29, 1.82) is 0 Å². The first kappa shape index (κ1) is 24.5. The second-order valence-electron chi connectivity index (χ2n) is 9.38. The molecule has 0 radical (unpaired) electrons. The van der Waals surface area contributed by atoms with Gasteiger partial charge in [-0.3, -0.25) is 9.69 Å². The van der Waals surface area contributed by atoms with E-state index in [0.29, 0.717) is 0 Å². The first-order valence-corrected chi connectivity index (χ1v) is 13.0. The Hall–Kier alpha value is -2.63. The SMILES string of the molecule is CCN(CC)C(=O)c1ccc(C(c2cccc(NCC3=CCCCC3)c2)N2CCNCC2)cc1. The number of rotatable bonds is 9. The van der Waals surface area contributed by atoms with Crippen LogP contribution in [0, 0.1) is 0 Å². The van der Waals surface area contributed by atoms with E-state index in [1.165, 1.54) is 48.1 Å². The molecule has 2 aromatic carbocycles. The van der Waals surface area contributed by atoms with Crippen molar-refractivity contribution in [3.63, 3.8) is 0 Å². The van der Waals surface area contributed by atoms with Gasteiger partial charge in [0, 0.05) is 57.1 Å². The highest BCUT2D eigenvalue weighted by atomic mass is 16.2. The number of hydrogen-bond donors (Lipinski definition) is 2. The van der Waals surface area contributed by atoms with E-state index in [4.69, 9.17) is 0 Å². The van der Waals surface area contributed by atoms with Crippen molar-refractivity contribution < 1.29 is 4.79 Å². The molecule has 1 atom stereocenters. The van der Waals surface area contributed by atoms with Gasteiger partial charge in [-0.05, 0) is 74.9 Å². The number of benzene rings is 2. The van der Waals surface area contributed by atoms with Crippen molar-refractivity contribution in [2.75, 3.05) is 51.1 Å². The summed E-state index contributed by atoms with van der Waals surface area (Å²) in [6.45, 7) is 10.5. The maximum Gasteiger partial charge on any atom is 0.253 e. The molecule has 0 aromatic heterocycles. The molecule has 0 saturated carbocycles. The molecule has 1 aliphatic heterocycles. The van der Waals surface area contributed by atoms with Crippen molar-refractivity contribution in [3.8, 4) is 0 Å². The smallest absolute Gasteiger partial charge is 0.253 e. The van der Waals surface area contributed by atoms with Crippen molar-refractivity contribution in [2.45, 2.75) is 45.6 Å². The number of nitrogens with zero attached hydrogens (tertiary/aromatic N) is 2. The van der Waals surface area contributed by atoms with Gasteiger partial charge in [-0.15, -0.1) is 0 Å². The van der Waals surface area contributed by atoms with Gasteiger partial charge in [-0.25, -0.2) is 0 Å². The highest BCUT2D eigenvalue weighted by Gasteiger charge is 2.24. The van der Waals surface area contributed by atoms with Gasteiger partial charge in [-0.2, -0.15) is 0 Å². The third-order valence-electron chi connectivity index (χ3n) is 7.15. The van der Waals surface area contributed by atoms with Crippen LogP contribution in [0.4, 0.5) is 5.69 Å². The molecule has 1 heterocycles. The summed E-state index contributed by atoms with van der Waals surface area (Å²) in [5.41, 5.74) is 6.02. The topological polar surface area (TPSA) is 47.6 Å². The van der Waals surface area contributed by atoms with E-state index in [9.17, 15) is 4.79 Å². The molecule has 34 heavy (non-hydrogen) atoms. The maximum atomic E-state index is 12.8. The average Bonchev–Trinajstić information content (AvgIpc) is 2.90. The van der Waals surface area contributed by atoms with Crippen LogP contribution in [0.15, 0.2) is 60.2 Å². The second-order valence-corrected chi connectivity index (χ2v) is 9.38. The molecule has 2 aromatic rings. The third-order valence-corrected chi connectivity index (χ3v) is 7.15. The van der Waals surface area contributed by atoms with Crippen molar-refractivity contribution in [3.05, 3.63) is 76.9 Å². The number of anilines is 1. The van der Waals surface area contributed by atoms with Crippen LogP contribution in [-0.4, -0.2) is 61.5 Å². The summed E-state index contributed by atoms with van der Waals surface area (Å²) in [5.74, 6) is 0.110. The summed E-state index contributed by atoms with van der Waals surface area (Å²) in [6, 6.07) is 17.4. The lowest BCUT2D eigenvalue weighted by molar-refractivity contribution is 0.0773. The van der Waals surface area contributed by atoms with Crippen LogP contribution in [-0.2, 0) is 0 Å². The first-order valence-electron chi connectivity index (χ1n) is 13.0. The summed E-state index contributed by atoms with van der Waals surface area (Å²) in [4.78, 5) is 17.2. The zero-order valence-corrected chi connectivity index (χ0v) is 20.9. The lowest BCUT2D eigenvalue weighted by Crippen LogP contribution is -2.45. The molecule has 1 unspecified atom stereocenters. The van der Waals surface area contributed by atoms with E-state index in [0.717, 1.165) is 51.4 Å². The van der Waals surface area contributed by atoms with Crippen molar-refractivity contribution in [2.24, 2.45) is 0 Å². The summed E-state index contributed by atoms with van der Waals surface area (Å²) in [5, 5.41) is 7.14. The zero-order chi connectivity index (χ0) is 23.8. The first-order chi connectivity index (χ1) is 16.7. The molecule has 1 saturated heterocycles. The molecule has 1 fully saturated rings. The Morgan fingerprint density at radius 2 is 1.79 bits per heavy atom. The van der Waals surface area contributed by atoms with Gasteiger partial charge in [0.1, 0.15) is 0 Å². The van der Waals surface area contributed by atoms with Crippen LogP contribution < -0.4 is 10.6 Å². The Balaban J connectivity index is 1.57. The number of nitrogens with one attached hydrogen (secondary N) is 2. The minimum Gasteiger partial charge on any atom is -0.381 e. The van der Waals surface area contributed by atoms with Crippen molar-refractivity contribution >= 4 is 11.6 Å². The van der Waals surface area contributed by atoms with E-state index in [1.807, 2.05) is 30.9 Å². The van der Waals surface area contributed by atoms with E-state index < -0.39 is 0 Å². The van der Waals surface area contributed by atoms with Gasteiger partial charge in [0.05, 0.1) is 6.04 Å². The lowest BCUT2D eigenvalue weighted by Gasteiger charge is -2.36. The molecule has 2 N–H and O–H groups in total. The molecular formula is C29H40N4O. The lowest BCUT2D eigenvalue weighted by atomic mass is 9.94. The molecule has 1 aliphatic carbocycles. The highest BCUT2D eigenvalue weighted by Crippen LogP contribution is 2.31. The predicted molar refractivity (Wildman–Crippen MR) is 141 cm³/mol. The fourth-order valence-electron chi connectivity index (χ4n) is 5.16. The Labute approximate surface area is 205 Å². The normalized spacial score (nSPS) is 17.6. The van der Waals surface area contributed by atoms with Crippen LogP contribution in [0.5, 0.6) is 0 Å². The van der Waals surface area contributed by atoms with E-state index in [2.05, 4.69) is 58.0 Å². The molecule has 2 aliphatic rings. The van der Waals surface area contributed by atoms with E-state index >= 15 is 0 Å². The fourth-order valence-corrected chi connectivity index (χ4v) is 5.16. The van der Waals surface area contributed by atoms with Gasteiger partial charge >= 0.3 is 0 Å². The Morgan fingerprint density at radius 3 is 2.47 bits per heavy atom. The predicted octanol–water partition coefficient (Wildman–Crippen LogP) is 5.08. The Morgan fingerprint density at radius 1 is 1.03 bits per heavy atom. The zero-order valence-electron chi connectivity index (χ0n) is 20.9. The standard InChI is InChI=1S/C29H40N4O/c1-3-32(4-2)29(34)25-15-13-24(14-16-25)28(33-19-17-30-18-20-33)26-11-8-12-27(21-26)31-22-23-9-6-5-7-10-23/h8-9,11-16,21,28,30-31H,3-7,10,17-20,22H2,1-2H3. The molecule has 0 bridgehead atoms. The monoisotopic (exact) mass is 460 g/mol. The summed E-state index contributed by atoms with van der Waals surface area (Å²) in [7, 11) is 0. The number of amides is 1. The number of carbonyl (C=O) groups is 1. The molecule has 182 valence electrons. The Bertz CT molecular complexity index is 958. The highest BCUT2D eigenvalue weighted by molar-refractivity contribution is 5.94. The van der Waals surface area contributed by atoms with Crippen molar-refractivity contribution in [1.82, 2.24) is 15.1 Å². The fraction of sp³-hybridized carbons (Fsp3) is 0.483. The molecule has 4 rings (SSSR count). The minimum absolute atomic E-state index is 0.110. The van der Waals surface area contributed by atoms with Crippen LogP contribution in [0.25, 0.3) is 0 Å². The number of piperazine rings is 1. The molecular weight excluding hydrogens is 420 g/mol. The average molecular weight is 461 g/mol. The largest absolute Gasteiger partial charge is 0.381 e. The number of hydrogen-bond acceptors (Lipinski definition) is 4. The molecule has 0 spiro atoms. The van der Waals surface area contributed by atoms with Gasteiger partial charge in [0.2, 0.25) is 0 Å². The summed E-state index contributed by atoms with van der Waals surface area (Å²) < 4.78 is 0. The maximum absolute atomic E-state index is 12.8. The summed E-state index contributed by atoms with van der Waals surface area (Å²) >= 11 is 0. The number of allylic oxidation sites excluding steroid dienone is 1. The molecule has 5 nitrogen and oxygen atoms in total. The Kier molecular flexibility index (Phi) is 8.78. The van der Waals surface area contributed by atoms with E-state index in [-0.39, 0.29) is 11.9 Å². The van der Waals surface area contributed by atoms with Gasteiger partial charge in [0.15, 0.2) is 0 Å². The van der Waals surface area contributed by atoms with Crippen LogP contribution in [0.1, 0.15) is 67.1 Å². The van der Waals surface area contributed by atoms with Gasteiger partial charge in [0.25, 0.3) is 5.91 Å². The van der Waals surface area contributed by atoms with Crippen LogP contribution in [0.3, 0.4) is 0 Å². The molecule has 5 heteroatoms. The molecule has 1 amide bonds. The quantitative estimate of drug-likeness (QED) is 0.513. The third kappa shape index (κ3) is 6.08. The van der Waals surface area contributed by atoms with Crippen LogP contribution >= 0.6 is 0 Å². The second kappa shape index (κ2) is 12.2. The van der Waals surface area contributed by atoms with Gasteiger partial charge in [-0.1, -0.05) is 35.9 Å². The van der Waals surface area contributed by atoms with Crippen LogP contribution in [0.2, 0.25) is 0 Å². The minimum atomic E-state index is 0.110. The number of carbonyl (C=O) groups excluding carboxylic acids is 1. The van der Waals surface area contributed by atoms with E-state index in [1.54, 1.807) is 0 Å².